The highest BCUT2D eigenvalue weighted by Crippen LogP contribution is 2.41. The minimum Gasteiger partial charge on any atom is -0.302 e. The molecular weight excluding hydrogens is 505 g/mol. The molecule has 0 atom stereocenters. The van der Waals surface area contributed by atoms with Crippen molar-refractivity contribution in [1.29, 1.82) is 0 Å². The molecular formula is C12H14Cl6N6S2. The topological polar surface area (TPSA) is 58.0 Å². The number of hydrogen-bond donors (Lipinski definition) is 0. The highest BCUT2D eigenvalue weighted by atomic mass is 35.6. The standard InChI is InChI=1S/C12H14Cl6N6S2/c1-3-23(4-2)5-6-24(9-19-7(21-25-9)11(13,14)15)10-20-8(22-26-10)12(16,17)18/h3-6H2,1-2H3. The average molecular weight is 519 g/mol. The molecule has 2 heterocycles. The average Bonchev–Trinajstić information content (AvgIpc) is 3.20. The van der Waals surface area contributed by atoms with Crippen molar-refractivity contribution in [3.8, 4) is 0 Å². The van der Waals surface area contributed by atoms with E-state index in [0.717, 1.165) is 42.7 Å². The van der Waals surface area contributed by atoms with Gasteiger partial charge in [0, 0.05) is 36.2 Å². The summed E-state index contributed by atoms with van der Waals surface area (Å²) < 4.78 is 4.82. The summed E-state index contributed by atoms with van der Waals surface area (Å²) in [6.07, 6.45) is 0. The summed E-state index contributed by atoms with van der Waals surface area (Å²) in [5, 5.41) is 1.04. The third-order valence-electron chi connectivity index (χ3n) is 3.33. The Balaban J connectivity index is 2.33. The van der Waals surface area contributed by atoms with Gasteiger partial charge < -0.3 is 4.90 Å². The summed E-state index contributed by atoms with van der Waals surface area (Å²) in [4.78, 5) is 12.7. The van der Waals surface area contributed by atoms with E-state index in [4.69, 9.17) is 69.6 Å². The third-order valence-corrected chi connectivity index (χ3v) is 5.83. The van der Waals surface area contributed by atoms with Gasteiger partial charge in [-0.2, -0.15) is 18.7 Å². The first-order valence-corrected chi connectivity index (χ1v) is 11.2. The minimum absolute atomic E-state index is 0.0986. The number of anilines is 2. The molecule has 14 heteroatoms. The van der Waals surface area contributed by atoms with Crippen molar-refractivity contribution in [2.24, 2.45) is 0 Å². The van der Waals surface area contributed by atoms with Gasteiger partial charge in [-0.25, -0.2) is 0 Å². The van der Waals surface area contributed by atoms with Crippen molar-refractivity contribution in [2.45, 2.75) is 21.4 Å². The Hall–Kier alpha value is 0.620. The molecule has 0 saturated heterocycles. The second-order valence-electron chi connectivity index (χ2n) is 4.98. The number of halogens is 6. The summed E-state index contributed by atoms with van der Waals surface area (Å²) in [5.41, 5.74) is 0. The van der Waals surface area contributed by atoms with Crippen molar-refractivity contribution >= 4 is 103 Å². The summed E-state index contributed by atoms with van der Waals surface area (Å²) in [7, 11) is 0. The molecule has 0 amide bonds. The van der Waals surface area contributed by atoms with Crippen LogP contribution in [-0.4, -0.2) is 49.8 Å². The molecule has 0 aliphatic heterocycles. The number of nitrogens with zero attached hydrogens (tertiary/aromatic N) is 6. The van der Waals surface area contributed by atoms with Crippen molar-refractivity contribution in [2.75, 3.05) is 31.1 Å². The first-order chi connectivity index (χ1) is 12.1. The van der Waals surface area contributed by atoms with E-state index in [-0.39, 0.29) is 11.6 Å². The fourth-order valence-corrected chi connectivity index (χ4v) is 4.30. The first-order valence-electron chi connectivity index (χ1n) is 7.38. The predicted molar refractivity (Wildman–Crippen MR) is 113 cm³/mol. The minimum atomic E-state index is -1.71. The lowest BCUT2D eigenvalue weighted by Crippen LogP contribution is -2.32. The molecule has 2 rings (SSSR count). The number of likely N-dealkylation sites (N-methyl/N-ethyl adjacent to an activating group) is 1. The van der Waals surface area contributed by atoms with Crippen LogP contribution >= 0.6 is 92.7 Å². The van der Waals surface area contributed by atoms with Crippen molar-refractivity contribution < 1.29 is 0 Å². The van der Waals surface area contributed by atoms with Gasteiger partial charge in [-0.3, -0.25) is 4.90 Å². The lowest BCUT2D eigenvalue weighted by Gasteiger charge is -2.23. The SMILES string of the molecule is CCN(CC)CCN(c1nc(C(Cl)(Cl)Cl)ns1)c1nc(C(Cl)(Cl)Cl)ns1. The maximum absolute atomic E-state index is 5.87. The van der Waals surface area contributed by atoms with Gasteiger partial charge in [0.2, 0.25) is 10.3 Å². The van der Waals surface area contributed by atoms with Crippen LogP contribution in [0.5, 0.6) is 0 Å². The van der Waals surface area contributed by atoms with Gasteiger partial charge in [0.25, 0.3) is 7.59 Å². The third kappa shape index (κ3) is 6.06. The van der Waals surface area contributed by atoms with Crippen molar-refractivity contribution in [3.63, 3.8) is 0 Å². The van der Waals surface area contributed by atoms with Gasteiger partial charge in [-0.1, -0.05) is 83.5 Å². The number of rotatable bonds is 7. The molecule has 0 aromatic carbocycles. The molecule has 146 valence electrons. The summed E-state index contributed by atoms with van der Waals surface area (Å²) >= 11 is 37.4. The molecule has 0 radical (unpaired) electrons. The zero-order valence-electron chi connectivity index (χ0n) is 13.6. The predicted octanol–water partition coefficient (Wildman–Crippen LogP) is 5.52. The van der Waals surface area contributed by atoms with Crippen LogP contribution in [0.2, 0.25) is 0 Å². The van der Waals surface area contributed by atoms with Gasteiger partial charge in [0.1, 0.15) is 0 Å². The molecule has 0 N–H and O–H groups in total. The zero-order chi connectivity index (χ0) is 19.5. The Kier molecular flexibility index (Phi) is 8.29. The summed E-state index contributed by atoms with van der Waals surface area (Å²) in [6.45, 7) is 7.34. The molecule has 0 spiro atoms. The quantitative estimate of drug-likeness (QED) is 0.450. The monoisotopic (exact) mass is 516 g/mol. The van der Waals surface area contributed by atoms with E-state index >= 15 is 0 Å². The van der Waals surface area contributed by atoms with Gasteiger partial charge >= 0.3 is 0 Å². The molecule has 0 bridgehead atoms. The van der Waals surface area contributed by atoms with Crippen LogP contribution < -0.4 is 4.90 Å². The van der Waals surface area contributed by atoms with E-state index in [1.807, 2.05) is 4.90 Å². The smallest absolute Gasteiger partial charge is 0.251 e. The Bertz CT molecular complexity index is 655. The van der Waals surface area contributed by atoms with Gasteiger partial charge in [-0.15, -0.1) is 0 Å². The Labute approximate surface area is 189 Å². The molecule has 0 unspecified atom stereocenters. The van der Waals surface area contributed by atoms with E-state index < -0.39 is 7.59 Å². The molecule has 6 nitrogen and oxygen atoms in total. The number of aromatic nitrogens is 4. The van der Waals surface area contributed by atoms with Crippen LogP contribution in [0.25, 0.3) is 0 Å². The van der Waals surface area contributed by atoms with E-state index in [0.29, 0.717) is 16.8 Å². The second kappa shape index (κ2) is 9.41. The van der Waals surface area contributed by atoms with E-state index in [2.05, 4.69) is 37.5 Å². The van der Waals surface area contributed by atoms with Crippen LogP contribution in [0.4, 0.5) is 10.3 Å². The Morgan fingerprint density at radius 2 is 1.19 bits per heavy atom. The summed E-state index contributed by atoms with van der Waals surface area (Å²) in [6, 6.07) is 0. The van der Waals surface area contributed by atoms with Crippen LogP contribution in [0.3, 0.4) is 0 Å². The highest BCUT2D eigenvalue weighted by molar-refractivity contribution is 7.12. The number of alkyl halides is 6. The van der Waals surface area contributed by atoms with Crippen LogP contribution in [0.15, 0.2) is 0 Å². The summed E-state index contributed by atoms with van der Waals surface area (Å²) in [5.74, 6) is 0.197. The molecule has 26 heavy (non-hydrogen) atoms. The van der Waals surface area contributed by atoms with E-state index in [1.165, 1.54) is 0 Å². The fourth-order valence-electron chi connectivity index (χ4n) is 1.93. The molecule has 2 aromatic heterocycles. The molecule has 0 aliphatic carbocycles. The van der Waals surface area contributed by atoms with Crippen LogP contribution in [-0.2, 0) is 7.59 Å². The van der Waals surface area contributed by atoms with Gasteiger partial charge in [-0.05, 0) is 13.1 Å². The Morgan fingerprint density at radius 3 is 1.50 bits per heavy atom. The lowest BCUT2D eigenvalue weighted by atomic mass is 10.4. The molecule has 0 saturated carbocycles. The highest BCUT2D eigenvalue weighted by Gasteiger charge is 2.32. The van der Waals surface area contributed by atoms with E-state index in [1.54, 1.807) is 0 Å². The maximum Gasteiger partial charge on any atom is 0.251 e. The maximum atomic E-state index is 5.87. The second-order valence-corrected chi connectivity index (χ2v) is 11.0. The first kappa shape index (κ1) is 22.9. The van der Waals surface area contributed by atoms with Crippen molar-refractivity contribution in [3.05, 3.63) is 11.6 Å². The molecule has 0 fully saturated rings. The number of hydrogen-bond acceptors (Lipinski definition) is 8. The van der Waals surface area contributed by atoms with Gasteiger partial charge in [0.15, 0.2) is 11.6 Å². The fraction of sp³-hybridized carbons (Fsp3) is 0.667. The van der Waals surface area contributed by atoms with Gasteiger partial charge in [0.05, 0.1) is 0 Å². The largest absolute Gasteiger partial charge is 0.302 e. The molecule has 0 aliphatic rings. The van der Waals surface area contributed by atoms with Crippen LogP contribution in [0, 0.1) is 0 Å². The normalized spacial score (nSPS) is 12.8. The van der Waals surface area contributed by atoms with Crippen molar-refractivity contribution in [1.82, 2.24) is 23.6 Å². The molecule has 2 aromatic rings. The Morgan fingerprint density at radius 1 is 0.769 bits per heavy atom. The van der Waals surface area contributed by atoms with E-state index in [9.17, 15) is 0 Å². The lowest BCUT2D eigenvalue weighted by molar-refractivity contribution is 0.312. The van der Waals surface area contributed by atoms with Crippen LogP contribution in [0.1, 0.15) is 25.5 Å². The zero-order valence-corrected chi connectivity index (χ0v) is 19.8.